The number of aromatic hydroxyl groups is 2. The summed E-state index contributed by atoms with van der Waals surface area (Å²) in [6, 6.07) is 11.0. The summed E-state index contributed by atoms with van der Waals surface area (Å²) in [4.78, 5) is 15.8. The van der Waals surface area contributed by atoms with Crippen molar-refractivity contribution in [3.05, 3.63) is 64.3 Å². The molecule has 6 nitrogen and oxygen atoms in total. The van der Waals surface area contributed by atoms with Crippen molar-refractivity contribution < 1.29 is 10.2 Å². The van der Waals surface area contributed by atoms with Gasteiger partial charge in [-0.25, -0.2) is 4.79 Å². The van der Waals surface area contributed by atoms with Crippen molar-refractivity contribution in [2.24, 2.45) is 7.05 Å². The first-order valence-electron chi connectivity index (χ1n) is 9.77. The van der Waals surface area contributed by atoms with Gasteiger partial charge in [0.2, 0.25) is 0 Å². The normalized spacial score (nSPS) is 11.6. The molecule has 150 valence electrons. The fourth-order valence-corrected chi connectivity index (χ4v) is 3.92. The highest BCUT2D eigenvalue weighted by Gasteiger charge is 2.22. The van der Waals surface area contributed by atoms with Crippen molar-refractivity contribution in [2.75, 3.05) is 0 Å². The minimum atomic E-state index is -0.259. The van der Waals surface area contributed by atoms with E-state index in [9.17, 15) is 15.0 Å². The molecular weight excluding hydrogens is 366 g/mol. The van der Waals surface area contributed by atoms with Crippen LogP contribution < -0.4 is 5.69 Å². The number of nitrogens with zero attached hydrogens (tertiary/aromatic N) is 2. The molecule has 0 amide bonds. The van der Waals surface area contributed by atoms with Gasteiger partial charge >= 0.3 is 5.69 Å². The Bertz CT molecular complexity index is 1270. The Morgan fingerprint density at radius 2 is 1.83 bits per heavy atom. The fraction of sp³-hybridized carbons (Fsp3) is 0.261. The van der Waals surface area contributed by atoms with Gasteiger partial charge < -0.3 is 19.8 Å². The van der Waals surface area contributed by atoms with Crippen LogP contribution in [0.5, 0.6) is 11.5 Å². The molecule has 0 saturated carbocycles. The SMILES string of the molecule is CCc1[nH]c(=O)n(-c2ccc3c(ccn3C)c2)c1-c1cc(C(C)C)c(O)cc1O. The average molecular weight is 391 g/mol. The summed E-state index contributed by atoms with van der Waals surface area (Å²) in [6.45, 7) is 5.91. The number of phenolic OH excluding ortho intramolecular Hbond substituents is 2. The molecule has 4 aromatic rings. The van der Waals surface area contributed by atoms with Crippen molar-refractivity contribution in [2.45, 2.75) is 33.1 Å². The zero-order valence-electron chi connectivity index (χ0n) is 17.0. The van der Waals surface area contributed by atoms with Gasteiger partial charge in [-0.05, 0) is 48.2 Å². The molecule has 3 N–H and O–H groups in total. The third-order valence-electron chi connectivity index (χ3n) is 5.47. The molecule has 0 atom stereocenters. The molecule has 2 aromatic heterocycles. The Balaban J connectivity index is 2.02. The van der Waals surface area contributed by atoms with Gasteiger partial charge in [0.25, 0.3) is 0 Å². The highest BCUT2D eigenvalue weighted by molar-refractivity contribution is 5.83. The minimum absolute atomic E-state index is 0.0504. The van der Waals surface area contributed by atoms with E-state index in [1.807, 2.05) is 62.8 Å². The van der Waals surface area contributed by atoms with E-state index >= 15 is 0 Å². The van der Waals surface area contributed by atoms with Crippen molar-refractivity contribution in [1.29, 1.82) is 0 Å². The summed E-state index contributed by atoms with van der Waals surface area (Å²) >= 11 is 0. The van der Waals surface area contributed by atoms with E-state index in [1.54, 1.807) is 10.6 Å². The Hall–Kier alpha value is -3.41. The van der Waals surface area contributed by atoms with Crippen LogP contribution in [0.1, 0.15) is 37.9 Å². The lowest BCUT2D eigenvalue weighted by molar-refractivity contribution is 0.445. The van der Waals surface area contributed by atoms with Crippen LogP contribution in [0.3, 0.4) is 0 Å². The number of hydrogen-bond donors (Lipinski definition) is 3. The number of rotatable bonds is 4. The molecule has 0 aliphatic carbocycles. The van der Waals surface area contributed by atoms with Crippen LogP contribution in [0.2, 0.25) is 0 Å². The van der Waals surface area contributed by atoms with E-state index < -0.39 is 0 Å². The maximum atomic E-state index is 12.9. The summed E-state index contributed by atoms with van der Waals surface area (Å²) in [7, 11) is 1.98. The number of aromatic nitrogens is 3. The number of hydrogen-bond acceptors (Lipinski definition) is 3. The minimum Gasteiger partial charge on any atom is -0.508 e. The Kier molecular flexibility index (Phi) is 4.49. The molecule has 2 aromatic carbocycles. The smallest absolute Gasteiger partial charge is 0.330 e. The summed E-state index contributed by atoms with van der Waals surface area (Å²) in [5, 5.41) is 21.9. The van der Waals surface area contributed by atoms with Crippen LogP contribution in [-0.4, -0.2) is 24.3 Å². The highest BCUT2D eigenvalue weighted by atomic mass is 16.3. The number of aryl methyl sites for hydroxylation is 2. The Morgan fingerprint density at radius 3 is 2.52 bits per heavy atom. The molecule has 0 aliphatic heterocycles. The molecule has 0 bridgehead atoms. The van der Waals surface area contributed by atoms with Crippen LogP contribution >= 0.6 is 0 Å². The second kappa shape index (κ2) is 6.88. The van der Waals surface area contributed by atoms with Crippen molar-refractivity contribution in [3.63, 3.8) is 0 Å². The van der Waals surface area contributed by atoms with E-state index in [-0.39, 0.29) is 23.1 Å². The molecule has 0 saturated heterocycles. The molecule has 0 unspecified atom stereocenters. The Labute approximate surface area is 168 Å². The predicted octanol–water partition coefficient (Wildman–Crippen LogP) is 4.42. The summed E-state index contributed by atoms with van der Waals surface area (Å²) in [6.07, 6.45) is 2.58. The largest absolute Gasteiger partial charge is 0.508 e. The third kappa shape index (κ3) is 3.01. The molecule has 4 rings (SSSR count). The number of fused-ring (bicyclic) bond motifs is 1. The number of benzene rings is 2. The van der Waals surface area contributed by atoms with Gasteiger partial charge in [0.05, 0.1) is 11.4 Å². The monoisotopic (exact) mass is 391 g/mol. The van der Waals surface area contributed by atoms with E-state index in [4.69, 9.17) is 0 Å². The van der Waals surface area contributed by atoms with Gasteiger partial charge in [-0.15, -0.1) is 0 Å². The van der Waals surface area contributed by atoms with Crippen molar-refractivity contribution in [3.8, 4) is 28.4 Å². The molecule has 0 radical (unpaired) electrons. The van der Waals surface area contributed by atoms with Crippen molar-refractivity contribution >= 4 is 10.9 Å². The Morgan fingerprint density at radius 1 is 1.07 bits per heavy atom. The maximum Gasteiger partial charge on any atom is 0.330 e. The summed E-state index contributed by atoms with van der Waals surface area (Å²) in [5.41, 5.74) is 4.13. The first-order valence-corrected chi connectivity index (χ1v) is 9.77. The topological polar surface area (TPSA) is 83.2 Å². The van der Waals surface area contributed by atoms with E-state index in [0.717, 1.165) is 27.8 Å². The molecule has 0 spiro atoms. The fourth-order valence-electron chi connectivity index (χ4n) is 3.92. The van der Waals surface area contributed by atoms with E-state index in [0.29, 0.717) is 17.7 Å². The van der Waals surface area contributed by atoms with Crippen LogP contribution in [-0.2, 0) is 13.5 Å². The standard InChI is InChI=1S/C23H25N3O3/c1-5-18-22(17-11-16(13(2)3)20(27)12-21(17)28)26(23(29)24-18)15-6-7-19-14(10-15)8-9-25(19)4/h6-13,27-28H,5H2,1-4H3,(H,24,29). The van der Waals surface area contributed by atoms with Gasteiger partial charge in [-0.1, -0.05) is 20.8 Å². The predicted molar refractivity (Wildman–Crippen MR) is 115 cm³/mol. The van der Waals surface area contributed by atoms with Gasteiger partial charge in [-0.2, -0.15) is 0 Å². The number of phenols is 2. The van der Waals surface area contributed by atoms with E-state index in [2.05, 4.69) is 4.98 Å². The first kappa shape index (κ1) is 18.9. The van der Waals surface area contributed by atoms with Crippen LogP contribution in [0.4, 0.5) is 0 Å². The van der Waals surface area contributed by atoms with Gasteiger partial charge in [0.15, 0.2) is 0 Å². The average Bonchev–Trinajstić information content (AvgIpc) is 3.21. The molecule has 0 fully saturated rings. The van der Waals surface area contributed by atoms with Crippen molar-refractivity contribution in [1.82, 2.24) is 14.1 Å². The number of nitrogens with one attached hydrogen (secondary N) is 1. The quantitative estimate of drug-likeness (QED) is 0.481. The van der Waals surface area contributed by atoms with Gasteiger partial charge in [0, 0.05) is 41.5 Å². The number of H-pyrrole nitrogens is 1. The molecule has 6 heteroatoms. The van der Waals surface area contributed by atoms with Gasteiger partial charge in [0.1, 0.15) is 11.5 Å². The zero-order chi connectivity index (χ0) is 20.9. The van der Waals surface area contributed by atoms with Gasteiger partial charge in [-0.3, -0.25) is 4.57 Å². The second-order valence-corrected chi connectivity index (χ2v) is 7.70. The lowest BCUT2D eigenvalue weighted by atomic mass is 9.96. The van der Waals surface area contributed by atoms with Crippen LogP contribution in [0.15, 0.2) is 47.4 Å². The van der Waals surface area contributed by atoms with Crippen LogP contribution in [0, 0.1) is 0 Å². The summed E-state index contributed by atoms with van der Waals surface area (Å²) < 4.78 is 3.62. The molecule has 29 heavy (non-hydrogen) atoms. The molecule has 0 aliphatic rings. The number of imidazole rings is 1. The lowest BCUT2D eigenvalue weighted by Gasteiger charge is -2.15. The highest BCUT2D eigenvalue weighted by Crippen LogP contribution is 2.39. The maximum absolute atomic E-state index is 12.9. The first-order chi connectivity index (χ1) is 13.8. The van der Waals surface area contributed by atoms with E-state index in [1.165, 1.54) is 6.07 Å². The molecular formula is C23H25N3O3. The number of aromatic amines is 1. The summed E-state index contributed by atoms with van der Waals surface area (Å²) in [5.74, 6) is 0.0591. The second-order valence-electron chi connectivity index (χ2n) is 7.70. The van der Waals surface area contributed by atoms with Crippen LogP contribution in [0.25, 0.3) is 27.8 Å². The lowest BCUT2D eigenvalue weighted by Crippen LogP contribution is -2.15. The third-order valence-corrected chi connectivity index (χ3v) is 5.47. The molecule has 2 heterocycles. The zero-order valence-corrected chi connectivity index (χ0v) is 17.0.